The Hall–Kier alpha value is -1.76. The highest BCUT2D eigenvalue weighted by Crippen LogP contribution is 2.31. The van der Waals surface area contributed by atoms with E-state index in [4.69, 9.17) is 10.2 Å². The van der Waals surface area contributed by atoms with Gasteiger partial charge >= 0.3 is 12.3 Å². The first-order chi connectivity index (χ1) is 6.09. The Kier molecular flexibility index (Phi) is 2.70. The summed E-state index contributed by atoms with van der Waals surface area (Å²) in [6.45, 7) is 0. The van der Waals surface area contributed by atoms with E-state index in [0.717, 1.165) is 11.3 Å². The standard InChI is InChI=1S/C6H4O6S/c7-5(8)11-3-1-13-2-4(3)12-6(9)10/h1-2H,(H,7,8)(H,9,10). The molecular formula is C6H4O6S. The molecular weight excluding hydrogens is 200 g/mol. The third kappa shape index (κ3) is 2.64. The molecule has 7 heteroatoms. The van der Waals surface area contributed by atoms with Crippen molar-refractivity contribution < 1.29 is 29.3 Å². The molecule has 0 aliphatic heterocycles. The summed E-state index contributed by atoms with van der Waals surface area (Å²) in [5.74, 6) is -0.250. The Morgan fingerprint density at radius 3 is 1.77 bits per heavy atom. The average molecular weight is 204 g/mol. The third-order valence-corrected chi connectivity index (χ3v) is 1.69. The van der Waals surface area contributed by atoms with Gasteiger partial charge in [-0.15, -0.1) is 11.3 Å². The van der Waals surface area contributed by atoms with Crippen LogP contribution in [0.3, 0.4) is 0 Å². The molecule has 0 aromatic carbocycles. The molecule has 0 unspecified atom stereocenters. The van der Waals surface area contributed by atoms with Gasteiger partial charge in [-0.1, -0.05) is 0 Å². The molecule has 2 N–H and O–H groups in total. The quantitative estimate of drug-likeness (QED) is 0.714. The lowest BCUT2D eigenvalue weighted by Crippen LogP contribution is -2.06. The lowest BCUT2D eigenvalue weighted by Gasteiger charge is -1.99. The van der Waals surface area contributed by atoms with Crippen molar-refractivity contribution in [3.8, 4) is 11.5 Å². The Labute approximate surface area is 75.9 Å². The van der Waals surface area contributed by atoms with Gasteiger partial charge in [0.2, 0.25) is 0 Å². The number of hydrogen-bond acceptors (Lipinski definition) is 5. The van der Waals surface area contributed by atoms with Crippen molar-refractivity contribution in [2.24, 2.45) is 0 Å². The van der Waals surface area contributed by atoms with Crippen LogP contribution in [0.2, 0.25) is 0 Å². The lowest BCUT2D eigenvalue weighted by molar-refractivity contribution is 0.133. The van der Waals surface area contributed by atoms with E-state index in [2.05, 4.69) is 9.47 Å². The van der Waals surface area contributed by atoms with E-state index in [9.17, 15) is 9.59 Å². The molecule has 1 aromatic rings. The van der Waals surface area contributed by atoms with Crippen LogP contribution >= 0.6 is 11.3 Å². The van der Waals surface area contributed by atoms with Crippen molar-refractivity contribution in [2.45, 2.75) is 0 Å². The molecule has 0 radical (unpaired) electrons. The number of ether oxygens (including phenoxy) is 2. The second-order valence-corrected chi connectivity index (χ2v) is 2.58. The fourth-order valence-corrected chi connectivity index (χ4v) is 1.25. The lowest BCUT2D eigenvalue weighted by atomic mass is 10.5. The molecule has 0 atom stereocenters. The van der Waals surface area contributed by atoms with E-state index in [1.807, 2.05) is 0 Å². The summed E-state index contributed by atoms with van der Waals surface area (Å²) in [6.07, 6.45) is -3.04. The summed E-state index contributed by atoms with van der Waals surface area (Å²) in [5.41, 5.74) is 0. The van der Waals surface area contributed by atoms with Gasteiger partial charge in [0.1, 0.15) is 0 Å². The number of thiophene rings is 1. The average Bonchev–Trinajstić information content (AvgIpc) is 2.34. The van der Waals surface area contributed by atoms with Gasteiger partial charge in [0.15, 0.2) is 11.5 Å². The first-order valence-electron chi connectivity index (χ1n) is 2.97. The largest absolute Gasteiger partial charge is 0.511 e. The predicted molar refractivity (Wildman–Crippen MR) is 41.6 cm³/mol. The van der Waals surface area contributed by atoms with Crippen LogP contribution in [0.1, 0.15) is 0 Å². The normalized spacial score (nSPS) is 9.23. The third-order valence-electron chi connectivity index (χ3n) is 0.988. The van der Waals surface area contributed by atoms with Crippen molar-refractivity contribution in [1.29, 1.82) is 0 Å². The highest BCUT2D eigenvalue weighted by molar-refractivity contribution is 7.08. The molecule has 0 aliphatic carbocycles. The molecule has 1 heterocycles. The van der Waals surface area contributed by atoms with Crippen LogP contribution in [0, 0.1) is 0 Å². The maximum Gasteiger partial charge on any atom is 0.511 e. The fourth-order valence-electron chi connectivity index (χ4n) is 0.611. The maximum absolute atomic E-state index is 10.1. The first-order valence-corrected chi connectivity index (χ1v) is 3.91. The van der Waals surface area contributed by atoms with Crippen LogP contribution < -0.4 is 9.47 Å². The Bertz CT molecular complexity index is 299. The van der Waals surface area contributed by atoms with Gasteiger partial charge in [-0.05, 0) is 0 Å². The van der Waals surface area contributed by atoms with E-state index in [1.165, 1.54) is 10.8 Å². The summed E-state index contributed by atoms with van der Waals surface area (Å²) < 4.78 is 8.45. The molecule has 13 heavy (non-hydrogen) atoms. The minimum atomic E-state index is -1.52. The zero-order valence-electron chi connectivity index (χ0n) is 6.09. The van der Waals surface area contributed by atoms with Crippen LogP contribution in [-0.2, 0) is 0 Å². The smallest absolute Gasteiger partial charge is 0.449 e. The molecule has 0 fully saturated rings. The number of carboxylic acid groups (broad SMARTS) is 2. The van der Waals surface area contributed by atoms with Gasteiger partial charge < -0.3 is 19.7 Å². The van der Waals surface area contributed by atoms with Crippen molar-refractivity contribution in [1.82, 2.24) is 0 Å². The van der Waals surface area contributed by atoms with E-state index < -0.39 is 12.3 Å². The summed E-state index contributed by atoms with van der Waals surface area (Å²) in [5, 5.41) is 19.1. The molecule has 1 rings (SSSR count). The Morgan fingerprint density at radius 2 is 1.46 bits per heavy atom. The first kappa shape index (κ1) is 9.33. The minimum absolute atomic E-state index is 0.125. The topological polar surface area (TPSA) is 93.1 Å². The van der Waals surface area contributed by atoms with Crippen LogP contribution in [0.4, 0.5) is 9.59 Å². The van der Waals surface area contributed by atoms with Gasteiger partial charge in [0.25, 0.3) is 0 Å². The van der Waals surface area contributed by atoms with Crippen molar-refractivity contribution in [2.75, 3.05) is 0 Å². The Balaban J connectivity index is 2.76. The number of rotatable bonds is 2. The monoisotopic (exact) mass is 204 g/mol. The van der Waals surface area contributed by atoms with Crippen molar-refractivity contribution >= 4 is 23.6 Å². The van der Waals surface area contributed by atoms with Crippen LogP contribution in [-0.4, -0.2) is 22.5 Å². The Morgan fingerprint density at radius 1 is 1.08 bits per heavy atom. The molecule has 0 saturated carbocycles. The summed E-state index contributed by atoms with van der Waals surface area (Å²) >= 11 is 1.07. The van der Waals surface area contributed by atoms with Crippen LogP contribution in [0.15, 0.2) is 10.8 Å². The molecule has 6 nitrogen and oxygen atoms in total. The van der Waals surface area contributed by atoms with E-state index in [0.29, 0.717) is 0 Å². The number of hydrogen-bond donors (Lipinski definition) is 2. The molecule has 0 saturated heterocycles. The highest BCUT2D eigenvalue weighted by atomic mass is 32.1. The summed E-state index contributed by atoms with van der Waals surface area (Å²) in [7, 11) is 0. The minimum Gasteiger partial charge on any atom is -0.449 e. The van der Waals surface area contributed by atoms with Gasteiger partial charge in [-0.2, -0.15) is 0 Å². The van der Waals surface area contributed by atoms with Gasteiger partial charge in [-0.3, -0.25) is 0 Å². The predicted octanol–water partition coefficient (Wildman–Crippen LogP) is 1.86. The highest BCUT2D eigenvalue weighted by Gasteiger charge is 2.12. The summed E-state index contributed by atoms with van der Waals surface area (Å²) in [6, 6.07) is 0. The molecule has 0 amide bonds. The van der Waals surface area contributed by atoms with Gasteiger partial charge in [-0.25, -0.2) is 9.59 Å². The van der Waals surface area contributed by atoms with Crippen molar-refractivity contribution in [3.05, 3.63) is 10.8 Å². The van der Waals surface area contributed by atoms with E-state index in [1.54, 1.807) is 0 Å². The van der Waals surface area contributed by atoms with Crippen LogP contribution in [0.5, 0.6) is 11.5 Å². The van der Waals surface area contributed by atoms with Gasteiger partial charge in [0.05, 0.1) is 0 Å². The molecule has 0 bridgehead atoms. The zero-order chi connectivity index (χ0) is 9.84. The molecule has 0 aliphatic rings. The molecule has 1 aromatic heterocycles. The van der Waals surface area contributed by atoms with Crippen molar-refractivity contribution in [3.63, 3.8) is 0 Å². The second-order valence-electron chi connectivity index (χ2n) is 1.84. The zero-order valence-corrected chi connectivity index (χ0v) is 6.91. The van der Waals surface area contributed by atoms with Crippen LogP contribution in [0.25, 0.3) is 0 Å². The van der Waals surface area contributed by atoms with E-state index in [-0.39, 0.29) is 11.5 Å². The number of carbonyl (C=O) groups is 2. The summed E-state index contributed by atoms with van der Waals surface area (Å²) in [4.78, 5) is 20.2. The van der Waals surface area contributed by atoms with Gasteiger partial charge in [0, 0.05) is 10.8 Å². The SMILES string of the molecule is O=C(O)Oc1cscc1OC(=O)O. The molecule has 0 spiro atoms. The molecule has 70 valence electrons. The van der Waals surface area contributed by atoms with E-state index >= 15 is 0 Å². The second kappa shape index (κ2) is 3.76. The fraction of sp³-hybridized carbons (Fsp3) is 0. The maximum atomic E-state index is 10.1.